The fraction of sp³-hybridized carbons (Fsp3) is 1.00. The van der Waals surface area contributed by atoms with Crippen molar-refractivity contribution in [3.05, 3.63) is 0 Å². The van der Waals surface area contributed by atoms with Gasteiger partial charge in [-0.25, -0.2) is 0 Å². The van der Waals surface area contributed by atoms with E-state index in [9.17, 15) is 15.3 Å². The van der Waals surface area contributed by atoms with E-state index in [0.29, 0.717) is 0 Å². The van der Waals surface area contributed by atoms with Crippen LogP contribution in [0, 0.1) is 0 Å². The fourth-order valence-corrected chi connectivity index (χ4v) is 1.45. The molecular weight excluding hydrogens is 200 g/mol. The summed E-state index contributed by atoms with van der Waals surface area (Å²) in [5.74, 6) is 0. The van der Waals surface area contributed by atoms with Crippen molar-refractivity contribution in [2.24, 2.45) is 0 Å². The maximum absolute atomic E-state index is 9.61. The summed E-state index contributed by atoms with van der Waals surface area (Å²) in [6.07, 6.45) is -4.17. The van der Waals surface area contributed by atoms with E-state index in [2.05, 4.69) is 0 Å². The smallest absolute Gasteiger partial charge is 0.186 e. The van der Waals surface area contributed by atoms with Gasteiger partial charge >= 0.3 is 0 Å². The van der Waals surface area contributed by atoms with Crippen LogP contribution in [0.2, 0.25) is 0 Å². The summed E-state index contributed by atoms with van der Waals surface area (Å²) in [4.78, 5) is 0. The molecule has 0 saturated carbocycles. The summed E-state index contributed by atoms with van der Waals surface area (Å²) in [6, 6.07) is 0. The topological polar surface area (TPSA) is 79.2 Å². The molecule has 0 aliphatic carbocycles. The quantitative estimate of drug-likeness (QED) is 0.604. The first-order valence-electron chi connectivity index (χ1n) is 5.32. The Morgan fingerprint density at radius 1 is 1.20 bits per heavy atom. The van der Waals surface area contributed by atoms with Crippen LogP contribution in [0.3, 0.4) is 0 Å². The normalized spacial score (nSPS) is 44.0. The minimum Gasteiger partial charge on any atom is -0.388 e. The number of hydrogen-bond acceptors (Lipinski definition) is 5. The summed E-state index contributed by atoms with van der Waals surface area (Å²) >= 11 is 0. The summed E-state index contributed by atoms with van der Waals surface area (Å²) < 4.78 is 10.7. The van der Waals surface area contributed by atoms with Gasteiger partial charge in [0.15, 0.2) is 6.29 Å². The van der Waals surface area contributed by atoms with Crippen molar-refractivity contribution in [3.63, 3.8) is 0 Å². The molecule has 6 atom stereocenters. The van der Waals surface area contributed by atoms with Crippen molar-refractivity contribution < 1.29 is 24.8 Å². The molecule has 0 bridgehead atoms. The van der Waals surface area contributed by atoms with Gasteiger partial charge in [0.1, 0.15) is 18.3 Å². The van der Waals surface area contributed by atoms with Gasteiger partial charge in [-0.3, -0.25) is 0 Å². The Hall–Kier alpha value is -0.200. The average Bonchev–Trinajstić information content (AvgIpc) is 2.22. The van der Waals surface area contributed by atoms with Crippen LogP contribution in [-0.2, 0) is 9.47 Å². The molecule has 0 spiro atoms. The highest BCUT2D eigenvalue weighted by atomic mass is 16.7. The number of rotatable bonds is 3. The van der Waals surface area contributed by atoms with Crippen LogP contribution in [0.25, 0.3) is 0 Å². The Labute approximate surface area is 89.6 Å². The van der Waals surface area contributed by atoms with Gasteiger partial charge in [-0.2, -0.15) is 0 Å². The lowest BCUT2D eigenvalue weighted by molar-refractivity contribution is -0.302. The standard InChI is InChI=1S/C10H20O5/c1-4-5(2)14-10-9(13)8(12)7(11)6(3)15-10/h5-13H,4H2,1-3H3/t5?,6?,7-,8-,9?,10+/m0/s1. The molecule has 1 aliphatic heterocycles. The van der Waals surface area contributed by atoms with Gasteiger partial charge in [-0.1, -0.05) is 6.92 Å². The third kappa shape index (κ3) is 2.89. The van der Waals surface area contributed by atoms with E-state index in [4.69, 9.17) is 9.47 Å². The van der Waals surface area contributed by atoms with Crippen LogP contribution in [0.15, 0.2) is 0 Å². The van der Waals surface area contributed by atoms with Crippen molar-refractivity contribution in [2.75, 3.05) is 0 Å². The minimum absolute atomic E-state index is 0.0562. The van der Waals surface area contributed by atoms with Crippen molar-refractivity contribution in [2.45, 2.75) is 64.0 Å². The molecule has 3 N–H and O–H groups in total. The van der Waals surface area contributed by atoms with Crippen LogP contribution < -0.4 is 0 Å². The number of ether oxygens (including phenoxy) is 2. The lowest BCUT2D eigenvalue weighted by atomic mass is 10.00. The van der Waals surface area contributed by atoms with Crippen molar-refractivity contribution in [3.8, 4) is 0 Å². The van der Waals surface area contributed by atoms with Gasteiger partial charge in [0.2, 0.25) is 0 Å². The summed E-state index contributed by atoms with van der Waals surface area (Å²) in [5.41, 5.74) is 0. The fourth-order valence-electron chi connectivity index (χ4n) is 1.45. The Bertz CT molecular complexity index is 196. The van der Waals surface area contributed by atoms with E-state index in [-0.39, 0.29) is 6.10 Å². The van der Waals surface area contributed by atoms with Crippen molar-refractivity contribution in [1.29, 1.82) is 0 Å². The van der Waals surface area contributed by atoms with Crippen LogP contribution in [-0.4, -0.2) is 52.1 Å². The highest BCUT2D eigenvalue weighted by molar-refractivity contribution is 4.87. The average molecular weight is 220 g/mol. The molecule has 0 aromatic rings. The third-order valence-electron chi connectivity index (χ3n) is 2.75. The van der Waals surface area contributed by atoms with Gasteiger partial charge in [-0.15, -0.1) is 0 Å². The highest BCUT2D eigenvalue weighted by Crippen LogP contribution is 2.22. The second-order valence-corrected chi connectivity index (χ2v) is 4.04. The van der Waals surface area contributed by atoms with E-state index in [0.717, 1.165) is 6.42 Å². The number of aliphatic hydroxyl groups excluding tert-OH is 3. The van der Waals surface area contributed by atoms with E-state index in [1.165, 1.54) is 0 Å². The van der Waals surface area contributed by atoms with Crippen LogP contribution in [0.4, 0.5) is 0 Å². The molecule has 1 aliphatic rings. The molecule has 0 aromatic heterocycles. The second kappa shape index (κ2) is 5.23. The molecule has 0 amide bonds. The zero-order valence-corrected chi connectivity index (χ0v) is 9.33. The molecule has 15 heavy (non-hydrogen) atoms. The molecule has 90 valence electrons. The molecule has 3 unspecified atom stereocenters. The molecule has 1 saturated heterocycles. The minimum atomic E-state index is -1.22. The molecule has 1 rings (SSSR count). The lowest BCUT2D eigenvalue weighted by Crippen LogP contribution is -2.57. The Morgan fingerprint density at radius 2 is 1.80 bits per heavy atom. The third-order valence-corrected chi connectivity index (χ3v) is 2.75. The Morgan fingerprint density at radius 3 is 2.33 bits per heavy atom. The number of hydrogen-bond donors (Lipinski definition) is 3. The number of aliphatic hydroxyl groups is 3. The Balaban J connectivity index is 2.58. The van der Waals surface area contributed by atoms with Crippen molar-refractivity contribution in [1.82, 2.24) is 0 Å². The zero-order valence-electron chi connectivity index (χ0n) is 9.33. The van der Waals surface area contributed by atoms with Gasteiger partial charge in [0, 0.05) is 0 Å². The summed E-state index contributed by atoms with van der Waals surface area (Å²) in [5, 5.41) is 28.6. The molecule has 0 aromatic carbocycles. The molecule has 5 heteroatoms. The molecule has 1 fully saturated rings. The second-order valence-electron chi connectivity index (χ2n) is 4.04. The van der Waals surface area contributed by atoms with Crippen LogP contribution in [0.1, 0.15) is 27.2 Å². The molecule has 0 radical (unpaired) electrons. The maximum Gasteiger partial charge on any atom is 0.186 e. The largest absolute Gasteiger partial charge is 0.388 e. The Kier molecular flexibility index (Phi) is 4.48. The van der Waals surface area contributed by atoms with E-state index in [1.807, 2.05) is 13.8 Å². The summed E-state index contributed by atoms with van der Waals surface area (Å²) in [6.45, 7) is 5.44. The first-order chi connectivity index (χ1) is 6.97. The lowest BCUT2D eigenvalue weighted by Gasteiger charge is -2.39. The van der Waals surface area contributed by atoms with Crippen LogP contribution >= 0.6 is 0 Å². The monoisotopic (exact) mass is 220 g/mol. The van der Waals surface area contributed by atoms with E-state index >= 15 is 0 Å². The van der Waals surface area contributed by atoms with E-state index < -0.39 is 30.7 Å². The van der Waals surface area contributed by atoms with E-state index in [1.54, 1.807) is 6.92 Å². The van der Waals surface area contributed by atoms with Gasteiger partial charge in [0.25, 0.3) is 0 Å². The zero-order chi connectivity index (χ0) is 11.6. The molecular formula is C10H20O5. The highest BCUT2D eigenvalue weighted by Gasteiger charge is 2.42. The molecule has 5 nitrogen and oxygen atoms in total. The predicted molar refractivity (Wildman–Crippen MR) is 53.2 cm³/mol. The van der Waals surface area contributed by atoms with Gasteiger partial charge in [0.05, 0.1) is 12.2 Å². The summed E-state index contributed by atoms with van der Waals surface area (Å²) in [7, 11) is 0. The van der Waals surface area contributed by atoms with Crippen molar-refractivity contribution >= 4 is 0 Å². The molecule has 1 heterocycles. The van der Waals surface area contributed by atoms with Gasteiger partial charge in [-0.05, 0) is 20.3 Å². The van der Waals surface area contributed by atoms with Crippen LogP contribution in [0.5, 0.6) is 0 Å². The SMILES string of the molecule is CCC(C)O[C@@H]1OC(C)[C@H](O)[C@H](O)C1O. The van der Waals surface area contributed by atoms with Gasteiger partial charge < -0.3 is 24.8 Å². The first kappa shape index (κ1) is 12.9. The predicted octanol–water partition coefficient (Wildman–Crippen LogP) is -0.371. The maximum atomic E-state index is 9.61. The first-order valence-corrected chi connectivity index (χ1v) is 5.32.